The Labute approximate surface area is 283 Å². The molecular formula is C43H44N4O. The van der Waals surface area contributed by atoms with Crippen LogP contribution >= 0.6 is 0 Å². The van der Waals surface area contributed by atoms with E-state index in [0.29, 0.717) is 5.92 Å². The third-order valence-corrected chi connectivity index (χ3v) is 9.60. The van der Waals surface area contributed by atoms with Crippen LogP contribution in [0.5, 0.6) is 11.5 Å². The van der Waals surface area contributed by atoms with Gasteiger partial charge in [-0.05, 0) is 90.8 Å². The van der Waals surface area contributed by atoms with Gasteiger partial charge >= 0.3 is 0 Å². The molecule has 1 unspecified atom stereocenters. The van der Waals surface area contributed by atoms with E-state index in [1.165, 1.54) is 38.7 Å². The molecule has 0 aliphatic heterocycles. The number of nitrogens with zero attached hydrogens (tertiary/aromatic N) is 4. The lowest BCUT2D eigenvalue weighted by Gasteiger charge is -2.16. The molecule has 5 nitrogen and oxygen atoms in total. The van der Waals surface area contributed by atoms with Gasteiger partial charge < -0.3 is 4.74 Å². The molecule has 0 bridgehead atoms. The maximum absolute atomic E-state index is 6.63. The van der Waals surface area contributed by atoms with Crippen LogP contribution in [0.1, 0.15) is 75.9 Å². The Morgan fingerprint density at radius 1 is 0.708 bits per heavy atom. The number of pyridine rings is 1. The monoisotopic (exact) mass is 632 g/mol. The first-order chi connectivity index (χ1) is 23.5. The van der Waals surface area contributed by atoms with Gasteiger partial charge in [-0.1, -0.05) is 89.6 Å². The summed E-state index contributed by atoms with van der Waals surface area (Å²) < 4.78 is 11.0. The third-order valence-electron chi connectivity index (χ3n) is 9.60. The summed E-state index contributed by atoms with van der Waals surface area (Å²) in [5.74, 6) is 2.80. The molecule has 0 radical (unpaired) electrons. The molecule has 5 heteroatoms. The van der Waals surface area contributed by atoms with E-state index < -0.39 is 0 Å². The molecule has 242 valence electrons. The van der Waals surface area contributed by atoms with Crippen LogP contribution in [0.4, 0.5) is 0 Å². The predicted molar refractivity (Wildman–Crippen MR) is 199 cm³/mol. The Hall–Kier alpha value is -5.16. The van der Waals surface area contributed by atoms with Crippen LogP contribution in [-0.2, 0) is 19.3 Å². The Kier molecular flexibility index (Phi) is 8.86. The molecule has 0 amide bonds. The van der Waals surface area contributed by atoms with Crippen molar-refractivity contribution < 1.29 is 4.74 Å². The van der Waals surface area contributed by atoms with E-state index >= 15 is 0 Å². The maximum Gasteiger partial charge on any atom is 0.137 e. The zero-order valence-corrected chi connectivity index (χ0v) is 28.7. The molecule has 3 aromatic heterocycles. The second-order valence-corrected chi connectivity index (χ2v) is 12.7. The van der Waals surface area contributed by atoms with Gasteiger partial charge in [0.05, 0.1) is 28.1 Å². The standard InChI is InChI=1S/C43H44N4O/c1-6-13-38-42(32-20-18-30(8-3)19-21-32)43(29(5)7-2)47(45-38)33-14-12-15-34(27-33)48-35-22-23-37-36-16-10-11-17-39(36)46(40(37)28-35)41-26-31(9-4)24-25-44-41/h10-12,14-29H,6-9,13H2,1-5H3. The smallest absolute Gasteiger partial charge is 0.137 e. The Morgan fingerprint density at radius 3 is 2.25 bits per heavy atom. The van der Waals surface area contributed by atoms with E-state index in [1.54, 1.807) is 0 Å². The van der Waals surface area contributed by atoms with Crippen molar-refractivity contribution in [2.24, 2.45) is 0 Å². The molecule has 7 aromatic rings. The molecule has 0 aliphatic carbocycles. The zero-order valence-electron chi connectivity index (χ0n) is 28.7. The van der Waals surface area contributed by atoms with Crippen LogP contribution in [0.3, 0.4) is 0 Å². The maximum atomic E-state index is 6.63. The highest BCUT2D eigenvalue weighted by atomic mass is 16.5. The molecule has 1 atom stereocenters. The highest BCUT2D eigenvalue weighted by molar-refractivity contribution is 6.09. The second-order valence-electron chi connectivity index (χ2n) is 12.7. The summed E-state index contributed by atoms with van der Waals surface area (Å²) in [7, 11) is 0. The molecule has 7 rings (SSSR count). The number of ether oxygens (including phenoxy) is 1. The van der Waals surface area contributed by atoms with Crippen LogP contribution in [0.15, 0.2) is 109 Å². The minimum absolute atomic E-state index is 0.331. The van der Waals surface area contributed by atoms with Gasteiger partial charge in [0.25, 0.3) is 0 Å². The molecular weight excluding hydrogens is 589 g/mol. The van der Waals surface area contributed by atoms with Crippen molar-refractivity contribution >= 4 is 21.8 Å². The van der Waals surface area contributed by atoms with Crippen molar-refractivity contribution in [2.45, 2.75) is 72.6 Å². The van der Waals surface area contributed by atoms with Crippen LogP contribution < -0.4 is 4.74 Å². The number of fused-ring (bicyclic) bond motifs is 3. The Balaban J connectivity index is 1.31. The molecule has 0 saturated carbocycles. The lowest BCUT2D eigenvalue weighted by atomic mass is 9.92. The van der Waals surface area contributed by atoms with Gasteiger partial charge in [0, 0.05) is 34.7 Å². The van der Waals surface area contributed by atoms with E-state index in [0.717, 1.165) is 71.8 Å². The van der Waals surface area contributed by atoms with Gasteiger partial charge in [-0.25, -0.2) is 9.67 Å². The molecule has 0 spiro atoms. The lowest BCUT2D eigenvalue weighted by Crippen LogP contribution is -2.06. The summed E-state index contributed by atoms with van der Waals surface area (Å²) in [6.45, 7) is 11.2. The number of hydrogen-bond donors (Lipinski definition) is 0. The average molecular weight is 633 g/mol. The molecule has 0 aliphatic rings. The van der Waals surface area contributed by atoms with Gasteiger partial charge in [0.1, 0.15) is 17.3 Å². The van der Waals surface area contributed by atoms with E-state index in [2.05, 4.69) is 141 Å². The topological polar surface area (TPSA) is 44.9 Å². The normalized spacial score (nSPS) is 12.2. The van der Waals surface area contributed by atoms with Crippen LogP contribution in [0.2, 0.25) is 0 Å². The predicted octanol–water partition coefficient (Wildman–Crippen LogP) is 11.4. The van der Waals surface area contributed by atoms with Crippen molar-refractivity contribution in [1.82, 2.24) is 19.3 Å². The van der Waals surface area contributed by atoms with Gasteiger partial charge in [-0.2, -0.15) is 5.10 Å². The zero-order chi connectivity index (χ0) is 33.2. The number of para-hydroxylation sites is 1. The fourth-order valence-corrected chi connectivity index (χ4v) is 6.84. The van der Waals surface area contributed by atoms with E-state index in [-0.39, 0.29) is 0 Å². The first kappa shape index (κ1) is 31.4. The van der Waals surface area contributed by atoms with Crippen LogP contribution in [-0.4, -0.2) is 19.3 Å². The van der Waals surface area contributed by atoms with Gasteiger partial charge in [-0.15, -0.1) is 0 Å². The lowest BCUT2D eigenvalue weighted by molar-refractivity contribution is 0.482. The Bertz CT molecular complexity index is 2210. The van der Waals surface area contributed by atoms with Crippen LogP contribution in [0, 0.1) is 0 Å². The van der Waals surface area contributed by atoms with Crippen molar-refractivity contribution in [3.8, 4) is 34.1 Å². The number of hydrogen-bond acceptors (Lipinski definition) is 3. The van der Waals surface area contributed by atoms with Gasteiger partial charge in [-0.3, -0.25) is 4.57 Å². The second kappa shape index (κ2) is 13.5. The highest BCUT2D eigenvalue weighted by Crippen LogP contribution is 2.38. The summed E-state index contributed by atoms with van der Waals surface area (Å²) in [4.78, 5) is 4.78. The summed E-state index contributed by atoms with van der Waals surface area (Å²) in [6.07, 6.45) is 6.89. The summed E-state index contributed by atoms with van der Waals surface area (Å²) >= 11 is 0. The van der Waals surface area contributed by atoms with Crippen molar-refractivity contribution in [1.29, 1.82) is 0 Å². The van der Waals surface area contributed by atoms with Crippen molar-refractivity contribution in [3.05, 3.63) is 132 Å². The van der Waals surface area contributed by atoms with Crippen LogP contribution in [0.25, 0.3) is 44.4 Å². The molecule has 0 N–H and O–H groups in total. The molecule has 48 heavy (non-hydrogen) atoms. The quantitative estimate of drug-likeness (QED) is 0.143. The fraction of sp³-hybridized carbons (Fsp3) is 0.256. The van der Waals surface area contributed by atoms with Gasteiger partial charge in [0.15, 0.2) is 0 Å². The molecule has 4 aromatic carbocycles. The number of aromatic nitrogens is 4. The third kappa shape index (κ3) is 5.79. The minimum atomic E-state index is 0.331. The number of benzene rings is 4. The summed E-state index contributed by atoms with van der Waals surface area (Å²) in [6, 6.07) is 36.6. The summed E-state index contributed by atoms with van der Waals surface area (Å²) in [5, 5.41) is 7.65. The minimum Gasteiger partial charge on any atom is -0.457 e. The van der Waals surface area contributed by atoms with Crippen molar-refractivity contribution in [3.63, 3.8) is 0 Å². The van der Waals surface area contributed by atoms with E-state index in [9.17, 15) is 0 Å². The largest absolute Gasteiger partial charge is 0.457 e. The Morgan fingerprint density at radius 2 is 1.48 bits per heavy atom. The fourth-order valence-electron chi connectivity index (χ4n) is 6.84. The number of aryl methyl sites for hydroxylation is 3. The van der Waals surface area contributed by atoms with E-state index in [4.69, 9.17) is 14.8 Å². The summed E-state index contributed by atoms with van der Waals surface area (Å²) in [5.41, 5.74) is 10.7. The molecule has 0 fully saturated rings. The van der Waals surface area contributed by atoms with Crippen molar-refractivity contribution in [2.75, 3.05) is 0 Å². The molecule has 3 heterocycles. The average Bonchev–Trinajstić information content (AvgIpc) is 3.67. The van der Waals surface area contributed by atoms with E-state index in [1.807, 2.05) is 12.3 Å². The highest BCUT2D eigenvalue weighted by Gasteiger charge is 2.24. The molecule has 0 saturated heterocycles. The SMILES string of the molecule is CCCc1nn(-c2cccc(Oc3ccc4c5ccccc5n(-c5cc(CC)ccn5)c4c3)c2)c(C(C)CC)c1-c1ccc(CC)cc1. The number of rotatable bonds is 11. The first-order valence-corrected chi connectivity index (χ1v) is 17.5. The van der Waals surface area contributed by atoms with Gasteiger partial charge in [0.2, 0.25) is 0 Å². The first-order valence-electron chi connectivity index (χ1n) is 17.5.